The molecule has 0 atom stereocenters. The number of aromatic nitrogens is 1. The van der Waals surface area contributed by atoms with Crippen molar-refractivity contribution in [3.8, 4) is 0 Å². The van der Waals surface area contributed by atoms with Gasteiger partial charge in [-0.2, -0.15) is 0 Å². The molecule has 220 valence electrons. The van der Waals surface area contributed by atoms with E-state index in [2.05, 4.69) is 98.8 Å². The third kappa shape index (κ3) is 5.17. The summed E-state index contributed by atoms with van der Waals surface area (Å²) in [6.07, 6.45) is 5.72. The van der Waals surface area contributed by atoms with Crippen LogP contribution in [0.15, 0.2) is 77.3 Å². The summed E-state index contributed by atoms with van der Waals surface area (Å²) in [5.74, 6) is 0.0231. The molecule has 0 spiro atoms. The quantitative estimate of drug-likeness (QED) is 0.276. The normalized spacial score (nSPS) is 20.4. The Morgan fingerprint density at radius 1 is 0.857 bits per heavy atom. The molecule has 2 aliphatic carbocycles. The zero-order valence-corrected chi connectivity index (χ0v) is 26.0. The number of carbonyl (C=O) groups excluding carboxylic acids is 2. The molecule has 0 N–H and O–H groups in total. The standard InChI is InChI=1S/C37H44N2O3/c1-24-11-9-12-25(17-24)22-38-23-27(26-13-7-8-14-28(26)38)33-34-29(18-36(2,3)20-31(34)40)39(15-10-16-42-6)30-19-37(4,5)21-32(41)35(30)33/h7-9,11-14,17,23,33H,10,15-16,18-22H2,1-6H3. The number of ether oxygens (including phenoxy) is 1. The number of para-hydroxylation sites is 1. The van der Waals surface area contributed by atoms with Crippen molar-refractivity contribution >= 4 is 22.5 Å². The van der Waals surface area contributed by atoms with Gasteiger partial charge in [0.1, 0.15) is 0 Å². The summed E-state index contributed by atoms with van der Waals surface area (Å²) in [5.41, 5.74) is 8.35. The first-order chi connectivity index (χ1) is 20.0. The highest BCUT2D eigenvalue weighted by Crippen LogP contribution is 2.55. The van der Waals surface area contributed by atoms with E-state index in [-0.39, 0.29) is 28.3 Å². The first-order valence-corrected chi connectivity index (χ1v) is 15.4. The number of fused-ring (bicyclic) bond motifs is 1. The van der Waals surface area contributed by atoms with Crippen LogP contribution in [0.3, 0.4) is 0 Å². The lowest BCUT2D eigenvalue weighted by molar-refractivity contribution is -0.119. The van der Waals surface area contributed by atoms with Crippen LogP contribution in [0.25, 0.3) is 10.9 Å². The number of methoxy groups -OCH3 is 1. The molecule has 6 rings (SSSR count). The fourth-order valence-corrected chi connectivity index (χ4v) is 7.64. The largest absolute Gasteiger partial charge is 0.385 e. The highest BCUT2D eigenvalue weighted by molar-refractivity contribution is 6.08. The van der Waals surface area contributed by atoms with Gasteiger partial charge in [0.2, 0.25) is 0 Å². The fraction of sp³-hybridized carbons (Fsp3) is 0.459. The Morgan fingerprint density at radius 3 is 2.12 bits per heavy atom. The van der Waals surface area contributed by atoms with Crippen LogP contribution in [0.5, 0.6) is 0 Å². The van der Waals surface area contributed by atoms with Crippen LogP contribution in [-0.2, 0) is 20.9 Å². The van der Waals surface area contributed by atoms with Crippen LogP contribution in [0.1, 0.15) is 82.4 Å². The van der Waals surface area contributed by atoms with Gasteiger partial charge in [-0.05, 0) is 54.2 Å². The van der Waals surface area contributed by atoms with Crippen molar-refractivity contribution in [2.45, 2.75) is 79.2 Å². The topological polar surface area (TPSA) is 51.5 Å². The molecule has 2 heterocycles. The molecule has 3 aromatic rings. The number of hydrogen-bond donors (Lipinski definition) is 0. The Balaban J connectivity index is 1.58. The first kappa shape index (κ1) is 28.7. The molecular weight excluding hydrogens is 520 g/mol. The van der Waals surface area contributed by atoms with Gasteiger partial charge < -0.3 is 14.2 Å². The Bertz CT molecular complexity index is 1580. The molecule has 1 aliphatic heterocycles. The predicted molar refractivity (Wildman–Crippen MR) is 168 cm³/mol. The van der Waals surface area contributed by atoms with E-state index in [1.165, 1.54) is 11.1 Å². The molecule has 0 radical (unpaired) electrons. The lowest BCUT2D eigenvalue weighted by Gasteiger charge is -2.49. The van der Waals surface area contributed by atoms with E-state index < -0.39 is 0 Å². The van der Waals surface area contributed by atoms with Crippen molar-refractivity contribution in [3.05, 3.63) is 94.0 Å². The third-order valence-electron chi connectivity index (χ3n) is 9.32. The van der Waals surface area contributed by atoms with Crippen LogP contribution in [0.4, 0.5) is 0 Å². The second-order valence-corrected chi connectivity index (χ2v) is 14.3. The van der Waals surface area contributed by atoms with Gasteiger partial charge in [0.25, 0.3) is 0 Å². The highest BCUT2D eigenvalue weighted by atomic mass is 16.5. The Kier molecular flexibility index (Phi) is 7.29. The molecule has 0 amide bonds. The van der Waals surface area contributed by atoms with Crippen molar-refractivity contribution in [2.75, 3.05) is 20.3 Å². The summed E-state index contributed by atoms with van der Waals surface area (Å²) in [7, 11) is 1.73. The van der Waals surface area contributed by atoms with Gasteiger partial charge in [-0.3, -0.25) is 9.59 Å². The van der Waals surface area contributed by atoms with Crippen molar-refractivity contribution in [1.29, 1.82) is 0 Å². The van der Waals surface area contributed by atoms with Gasteiger partial charge >= 0.3 is 0 Å². The lowest BCUT2D eigenvalue weighted by atomic mass is 9.63. The SMILES string of the molecule is COCCCN1C2=C(C(=O)CC(C)(C)C2)C(c2cn(Cc3cccc(C)c3)c3ccccc23)C2=C1CC(C)(C)CC2=O. The molecule has 0 bridgehead atoms. The Morgan fingerprint density at radius 2 is 1.50 bits per heavy atom. The monoisotopic (exact) mass is 564 g/mol. The van der Waals surface area contributed by atoms with Gasteiger partial charge in [-0.15, -0.1) is 0 Å². The zero-order chi connectivity index (χ0) is 29.8. The van der Waals surface area contributed by atoms with Crippen LogP contribution < -0.4 is 0 Å². The highest BCUT2D eigenvalue weighted by Gasteiger charge is 2.49. The minimum atomic E-state index is -0.343. The number of nitrogens with zero attached hydrogens (tertiary/aromatic N) is 2. The molecule has 3 aliphatic rings. The van der Waals surface area contributed by atoms with E-state index in [9.17, 15) is 9.59 Å². The molecule has 2 aromatic carbocycles. The molecular formula is C37H44N2O3. The number of ketones is 2. The second kappa shape index (κ2) is 10.7. The predicted octanol–water partition coefficient (Wildman–Crippen LogP) is 7.72. The zero-order valence-electron chi connectivity index (χ0n) is 26.0. The van der Waals surface area contributed by atoms with E-state index in [0.29, 0.717) is 19.4 Å². The number of Topliss-reactive ketones (excluding diaryl/α,β-unsaturated/α-hetero) is 2. The molecule has 42 heavy (non-hydrogen) atoms. The van der Waals surface area contributed by atoms with Gasteiger partial charge in [0, 0.05) is 85.2 Å². The molecule has 0 saturated carbocycles. The van der Waals surface area contributed by atoms with E-state index in [4.69, 9.17) is 4.74 Å². The molecule has 5 heteroatoms. The van der Waals surface area contributed by atoms with E-state index >= 15 is 0 Å². The van der Waals surface area contributed by atoms with Gasteiger partial charge in [0.15, 0.2) is 11.6 Å². The molecule has 5 nitrogen and oxygen atoms in total. The number of benzene rings is 2. The maximum atomic E-state index is 14.2. The molecule has 0 unspecified atom stereocenters. The molecule has 0 fully saturated rings. The number of carbonyl (C=O) groups is 2. The maximum absolute atomic E-state index is 14.2. The summed E-state index contributed by atoms with van der Waals surface area (Å²) >= 11 is 0. The fourth-order valence-electron chi connectivity index (χ4n) is 7.64. The van der Waals surface area contributed by atoms with Crippen LogP contribution in [0.2, 0.25) is 0 Å². The Labute approximate surface area is 250 Å². The summed E-state index contributed by atoms with van der Waals surface area (Å²) in [6, 6.07) is 17.1. The minimum Gasteiger partial charge on any atom is -0.385 e. The lowest BCUT2D eigenvalue weighted by Crippen LogP contribution is -2.44. The maximum Gasteiger partial charge on any atom is 0.162 e. The summed E-state index contributed by atoms with van der Waals surface area (Å²) in [6.45, 7) is 13.0. The summed E-state index contributed by atoms with van der Waals surface area (Å²) in [4.78, 5) is 30.8. The average Bonchev–Trinajstić information content (AvgIpc) is 3.25. The van der Waals surface area contributed by atoms with Crippen molar-refractivity contribution in [1.82, 2.24) is 9.47 Å². The van der Waals surface area contributed by atoms with Crippen LogP contribution in [-0.4, -0.2) is 41.3 Å². The molecule has 0 saturated heterocycles. The molecule has 1 aromatic heterocycles. The van der Waals surface area contributed by atoms with Crippen LogP contribution in [0, 0.1) is 17.8 Å². The first-order valence-electron chi connectivity index (χ1n) is 15.4. The summed E-state index contributed by atoms with van der Waals surface area (Å²) in [5, 5.41) is 1.12. The average molecular weight is 565 g/mol. The number of rotatable bonds is 7. The minimum absolute atomic E-state index is 0.134. The second-order valence-electron chi connectivity index (χ2n) is 14.3. The smallest absolute Gasteiger partial charge is 0.162 e. The third-order valence-corrected chi connectivity index (χ3v) is 9.32. The number of allylic oxidation sites excluding steroid dienone is 4. The van der Waals surface area contributed by atoms with Crippen molar-refractivity contribution in [3.63, 3.8) is 0 Å². The van der Waals surface area contributed by atoms with Crippen LogP contribution >= 0.6 is 0 Å². The summed E-state index contributed by atoms with van der Waals surface area (Å²) < 4.78 is 7.74. The van der Waals surface area contributed by atoms with Gasteiger partial charge in [-0.1, -0.05) is 75.7 Å². The number of hydrogen-bond acceptors (Lipinski definition) is 4. The van der Waals surface area contributed by atoms with Gasteiger partial charge in [0.05, 0.1) is 0 Å². The van der Waals surface area contributed by atoms with E-state index in [1.807, 2.05) is 0 Å². The van der Waals surface area contributed by atoms with Gasteiger partial charge in [-0.25, -0.2) is 0 Å². The van der Waals surface area contributed by atoms with E-state index in [1.54, 1.807) is 7.11 Å². The van der Waals surface area contributed by atoms with Crippen molar-refractivity contribution in [2.24, 2.45) is 10.8 Å². The Hall–Kier alpha value is -3.44. The number of aryl methyl sites for hydroxylation is 1. The van der Waals surface area contributed by atoms with Crippen molar-refractivity contribution < 1.29 is 14.3 Å². The van der Waals surface area contributed by atoms with E-state index in [0.717, 1.165) is 71.4 Å².